The Hall–Kier alpha value is -1.50. The molecule has 1 aliphatic heterocycles. The van der Waals surface area contributed by atoms with Gasteiger partial charge >= 0.3 is 0 Å². The maximum absolute atomic E-state index is 12.4. The van der Waals surface area contributed by atoms with E-state index < -0.39 is 6.04 Å². The highest BCUT2D eigenvalue weighted by atomic mass is 35.5. The highest BCUT2D eigenvalue weighted by Gasteiger charge is 2.28. The van der Waals surface area contributed by atoms with E-state index in [1.165, 1.54) is 0 Å². The number of nitrogens with two attached hydrogens (primary N) is 1. The zero-order valence-corrected chi connectivity index (χ0v) is 15.1. The second kappa shape index (κ2) is 10.4. The summed E-state index contributed by atoms with van der Waals surface area (Å²) in [7, 11) is 3.36. The number of halogens is 1. The summed E-state index contributed by atoms with van der Waals surface area (Å²) in [5, 5.41) is 0. The van der Waals surface area contributed by atoms with Gasteiger partial charge in [0.15, 0.2) is 11.5 Å². The van der Waals surface area contributed by atoms with Crippen LogP contribution in [0, 0.1) is 5.92 Å². The monoisotopic (exact) mass is 358 g/mol. The number of rotatable bonds is 7. The van der Waals surface area contributed by atoms with Gasteiger partial charge in [-0.2, -0.15) is 0 Å². The van der Waals surface area contributed by atoms with Gasteiger partial charge in [0.1, 0.15) is 6.61 Å². The maximum atomic E-state index is 12.4. The van der Waals surface area contributed by atoms with E-state index in [0.29, 0.717) is 37.9 Å². The van der Waals surface area contributed by atoms with Crippen LogP contribution in [-0.4, -0.2) is 57.4 Å². The summed E-state index contributed by atoms with van der Waals surface area (Å²) in [6.07, 6.45) is 1.69. The van der Waals surface area contributed by atoms with Crippen LogP contribution in [0.1, 0.15) is 12.8 Å². The number of hydrogen-bond acceptors (Lipinski definition) is 5. The summed E-state index contributed by atoms with van der Waals surface area (Å²) in [6.45, 7) is 2.25. The number of carbonyl (C=O) groups is 1. The smallest absolute Gasteiger partial charge is 0.239 e. The van der Waals surface area contributed by atoms with Crippen molar-refractivity contribution in [2.24, 2.45) is 11.7 Å². The van der Waals surface area contributed by atoms with Gasteiger partial charge in [0, 0.05) is 20.3 Å². The van der Waals surface area contributed by atoms with Gasteiger partial charge in [-0.1, -0.05) is 12.1 Å². The quantitative estimate of drug-likeness (QED) is 0.803. The lowest BCUT2D eigenvalue weighted by Crippen LogP contribution is -2.48. The molecule has 1 unspecified atom stereocenters. The Kier molecular flexibility index (Phi) is 8.89. The summed E-state index contributed by atoms with van der Waals surface area (Å²) in [5.41, 5.74) is 6.11. The standard InChI is InChI=1S/C17H26N2O4.ClH/c1-19(17(20)16(18)13-7-10-22-11-8-13)9-12-23-15-6-4-3-5-14(15)21-2;/h3-6,13,16H,7-12,18H2,1-2H3;1H. The van der Waals surface area contributed by atoms with Crippen molar-refractivity contribution in [3.63, 3.8) is 0 Å². The van der Waals surface area contributed by atoms with Crippen LogP contribution >= 0.6 is 12.4 Å². The number of carbonyl (C=O) groups excluding carboxylic acids is 1. The van der Waals surface area contributed by atoms with Crippen LogP contribution in [0.25, 0.3) is 0 Å². The second-order valence-corrected chi connectivity index (χ2v) is 5.73. The van der Waals surface area contributed by atoms with Crippen LogP contribution in [0.5, 0.6) is 11.5 Å². The zero-order valence-electron chi connectivity index (χ0n) is 14.3. The van der Waals surface area contributed by atoms with Crippen molar-refractivity contribution in [1.29, 1.82) is 0 Å². The summed E-state index contributed by atoms with van der Waals surface area (Å²) < 4.78 is 16.2. The summed E-state index contributed by atoms with van der Waals surface area (Å²) in [6, 6.07) is 6.98. The number of amides is 1. The van der Waals surface area contributed by atoms with Gasteiger partial charge in [-0.25, -0.2) is 0 Å². The number of methoxy groups -OCH3 is 1. The summed E-state index contributed by atoms with van der Waals surface area (Å²) in [5.74, 6) is 1.51. The van der Waals surface area contributed by atoms with Gasteiger partial charge < -0.3 is 24.8 Å². The summed E-state index contributed by atoms with van der Waals surface area (Å²) in [4.78, 5) is 14.0. The second-order valence-electron chi connectivity index (χ2n) is 5.73. The highest BCUT2D eigenvalue weighted by Crippen LogP contribution is 2.25. The Labute approximate surface area is 149 Å². The molecule has 136 valence electrons. The molecule has 1 heterocycles. The molecule has 0 saturated carbocycles. The third kappa shape index (κ3) is 5.54. The van der Waals surface area contributed by atoms with Crippen molar-refractivity contribution in [2.45, 2.75) is 18.9 Å². The number of nitrogens with zero attached hydrogens (tertiary/aromatic N) is 1. The van der Waals surface area contributed by atoms with Crippen LogP contribution in [0.15, 0.2) is 24.3 Å². The van der Waals surface area contributed by atoms with Gasteiger partial charge in [-0.05, 0) is 30.9 Å². The Bertz CT molecular complexity index is 509. The molecule has 1 amide bonds. The third-order valence-corrected chi connectivity index (χ3v) is 4.19. The molecule has 1 aliphatic rings. The van der Waals surface area contributed by atoms with Gasteiger partial charge in [-0.15, -0.1) is 12.4 Å². The molecule has 0 spiro atoms. The number of likely N-dealkylation sites (N-methyl/N-ethyl adjacent to an activating group) is 1. The van der Waals surface area contributed by atoms with Gasteiger partial charge in [0.05, 0.1) is 19.7 Å². The van der Waals surface area contributed by atoms with Crippen molar-refractivity contribution in [3.05, 3.63) is 24.3 Å². The number of hydrogen-bond donors (Lipinski definition) is 1. The van der Waals surface area contributed by atoms with Crippen molar-refractivity contribution >= 4 is 18.3 Å². The molecule has 0 bridgehead atoms. The van der Waals surface area contributed by atoms with Crippen molar-refractivity contribution in [3.8, 4) is 11.5 Å². The van der Waals surface area contributed by atoms with E-state index in [1.54, 1.807) is 19.1 Å². The van der Waals surface area contributed by atoms with Gasteiger partial charge in [-0.3, -0.25) is 4.79 Å². The molecule has 7 heteroatoms. The van der Waals surface area contributed by atoms with E-state index >= 15 is 0 Å². The maximum Gasteiger partial charge on any atom is 0.239 e. The van der Waals surface area contributed by atoms with Crippen LogP contribution in [0.3, 0.4) is 0 Å². The van der Waals surface area contributed by atoms with E-state index in [-0.39, 0.29) is 24.2 Å². The largest absolute Gasteiger partial charge is 0.493 e. The number of para-hydroxylation sites is 2. The first kappa shape index (κ1) is 20.5. The molecular formula is C17H27ClN2O4. The topological polar surface area (TPSA) is 74.0 Å². The Morgan fingerprint density at radius 2 is 1.96 bits per heavy atom. The number of ether oxygens (including phenoxy) is 3. The Balaban J connectivity index is 0.00000288. The molecule has 1 fully saturated rings. The normalized spacial score (nSPS) is 16.0. The van der Waals surface area contributed by atoms with Gasteiger partial charge in [0.25, 0.3) is 0 Å². The molecule has 24 heavy (non-hydrogen) atoms. The molecular weight excluding hydrogens is 332 g/mol. The lowest BCUT2D eigenvalue weighted by atomic mass is 9.91. The van der Waals surface area contributed by atoms with Crippen molar-refractivity contribution in [2.75, 3.05) is 40.5 Å². The van der Waals surface area contributed by atoms with E-state index in [9.17, 15) is 4.79 Å². The minimum absolute atomic E-state index is 0. The molecule has 1 saturated heterocycles. The predicted molar refractivity (Wildman–Crippen MR) is 94.9 cm³/mol. The lowest BCUT2D eigenvalue weighted by Gasteiger charge is -2.29. The highest BCUT2D eigenvalue weighted by molar-refractivity contribution is 5.85. The predicted octanol–water partition coefficient (Wildman–Crippen LogP) is 1.71. The molecule has 2 rings (SSSR count). The molecule has 1 aromatic carbocycles. The Morgan fingerprint density at radius 3 is 2.58 bits per heavy atom. The van der Waals surface area contributed by atoms with Crippen molar-refractivity contribution in [1.82, 2.24) is 4.90 Å². The van der Waals surface area contributed by atoms with Crippen molar-refractivity contribution < 1.29 is 19.0 Å². The fraction of sp³-hybridized carbons (Fsp3) is 0.588. The van der Waals surface area contributed by atoms with E-state index in [1.807, 2.05) is 24.3 Å². The SMILES string of the molecule is COc1ccccc1OCCN(C)C(=O)C(N)C1CCOCC1.Cl. The minimum atomic E-state index is -0.463. The molecule has 1 atom stereocenters. The van der Waals surface area contributed by atoms with Crippen LogP contribution in [0.2, 0.25) is 0 Å². The fourth-order valence-corrected chi connectivity index (χ4v) is 2.67. The molecule has 0 aliphatic carbocycles. The summed E-state index contributed by atoms with van der Waals surface area (Å²) >= 11 is 0. The first-order valence-corrected chi connectivity index (χ1v) is 7.97. The lowest BCUT2D eigenvalue weighted by molar-refractivity contribution is -0.133. The number of benzene rings is 1. The van der Waals surface area contributed by atoms with Gasteiger partial charge in [0.2, 0.25) is 5.91 Å². The minimum Gasteiger partial charge on any atom is -0.493 e. The van der Waals surface area contributed by atoms with Crippen LogP contribution < -0.4 is 15.2 Å². The first-order chi connectivity index (χ1) is 11.1. The van der Waals surface area contributed by atoms with E-state index in [2.05, 4.69) is 0 Å². The zero-order chi connectivity index (χ0) is 16.7. The average Bonchev–Trinajstić information content (AvgIpc) is 2.61. The fourth-order valence-electron chi connectivity index (χ4n) is 2.67. The molecule has 2 N–H and O–H groups in total. The first-order valence-electron chi connectivity index (χ1n) is 7.97. The Morgan fingerprint density at radius 1 is 1.33 bits per heavy atom. The average molecular weight is 359 g/mol. The molecule has 6 nitrogen and oxygen atoms in total. The van der Waals surface area contributed by atoms with E-state index in [0.717, 1.165) is 12.8 Å². The molecule has 0 aromatic heterocycles. The third-order valence-electron chi connectivity index (χ3n) is 4.19. The molecule has 1 aromatic rings. The van der Waals surface area contributed by atoms with E-state index in [4.69, 9.17) is 19.9 Å². The van der Waals surface area contributed by atoms with Crippen LogP contribution in [0.4, 0.5) is 0 Å². The molecule has 0 radical (unpaired) electrons. The van der Waals surface area contributed by atoms with Crippen LogP contribution in [-0.2, 0) is 9.53 Å².